The summed E-state index contributed by atoms with van der Waals surface area (Å²) in [6.07, 6.45) is 0. The van der Waals surface area contributed by atoms with Gasteiger partial charge in [-0.1, -0.05) is 18.2 Å². The molecule has 1 aromatic heterocycles. The van der Waals surface area contributed by atoms with Crippen molar-refractivity contribution in [1.82, 2.24) is 10.2 Å². The van der Waals surface area contributed by atoms with E-state index in [2.05, 4.69) is 10.2 Å². The van der Waals surface area contributed by atoms with Crippen LogP contribution in [-0.4, -0.2) is 10.2 Å². The molecule has 0 unspecified atom stereocenters. The third kappa shape index (κ3) is 2.67. The molecule has 15 heavy (non-hydrogen) atoms. The van der Waals surface area contributed by atoms with Gasteiger partial charge in [0.05, 0.1) is 11.6 Å². The second-order valence-corrected chi connectivity index (χ2v) is 3.18. The Morgan fingerprint density at radius 3 is 2.40 bits per heavy atom. The molecule has 0 N–H and O–H groups in total. The highest BCUT2D eigenvalue weighted by Crippen LogP contribution is 2.17. The largest absolute Gasteiger partial charge is 0.438 e. The van der Waals surface area contributed by atoms with E-state index in [1.807, 2.05) is 30.3 Å². The molecule has 0 amide bonds. The molecule has 0 saturated heterocycles. The summed E-state index contributed by atoms with van der Waals surface area (Å²) in [5.41, 5.74) is 0.733. The van der Waals surface area contributed by atoms with E-state index in [1.165, 1.54) is 0 Å². The van der Waals surface area contributed by atoms with Crippen LogP contribution in [0.5, 0.6) is 11.6 Å². The summed E-state index contributed by atoms with van der Waals surface area (Å²) in [6, 6.07) is 13.0. The summed E-state index contributed by atoms with van der Waals surface area (Å²) >= 11 is 5.60. The zero-order valence-corrected chi connectivity index (χ0v) is 8.69. The predicted molar refractivity (Wildman–Crippen MR) is 58.1 cm³/mol. The highest BCUT2D eigenvalue weighted by molar-refractivity contribution is 6.16. The van der Waals surface area contributed by atoms with Crippen LogP contribution >= 0.6 is 11.6 Å². The molecule has 4 heteroatoms. The number of ether oxygens (including phenoxy) is 1. The standard InChI is InChI=1S/C11H9ClN2O/c12-8-9-6-7-11(14-13-9)15-10-4-2-1-3-5-10/h1-7H,8H2. The summed E-state index contributed by atoms with van der Waals surface area (Å²) in [6.45, 7) is 0. The molecule has 0 fully saturated rings. The Bertz CT molecular complexity index is 416. The number of nitrogens with zero attached hydrogens (tertiary/aromatic N) is 2. The SMILES string of the molecule is ClCc1ccc(Oc2ccccc2)nn1. The summed E-state index contributed by atoms with van der Waals surface area (Å²) < 4.78 is 5.46. The van der Waals surface area contributed by atoms with Crippen LogP contribution in [0.3, 0.4) is 0 Å². The molecule has 2 rings (SSSR count). The van der Waals surface area contributed by atoms with Gasteiger partial charge < -0.3 is 4.74 Å². The van der Waals surface area contributed by atoms with Crippen LogP contribution in [0.1, 0.15) is 5.69 Å². The molecule has 0 saturated carbocycles. The number of para-hydroxylation sites is 1. The second kappa shape index (κ2) is 4.75. The lowest BCUT2D eigenvalue weighted by Crippen LogP contribution is -1.92. The van der Waals surface area contributed by atoms with Crippen LogP contribution in [0.4, 0.5) is 0 Å². The quantitative estimate of drug-likeness (QED) is 0.746. The molecule has 1 aromatic carbocycles. The second-order valence-electron chi connectivity index (χ2n) is 2.91. The summed E-state index contributed by atoms with van der Waals surface area (Å²) in [5.74, 6) is 1.57. The fraction of sp³-hybridized carbons (Fsp3) is 0.0909. The first kappa shape index (κ1) is 9.93. The minimum Gasteiger partial charge on any atom is -0.438 e. The molecule has 0 radical (unpaired) electrons. The topological polar surface area (TPSA) is 35.0 Å². The minimum absolute atomic E-state index is 0.360. The lowest BCUT2D eigenvalue weighted by atomic mass is 10.3. The maximum Gasteiger partial charge on any atom is 0.238 e. The van der Waals surface area contributed by atoms with Crippen LogP contribution in [-0.2, 0) is 5.88 Å². The Morgan fingerprint density at radius 2 is 1.80 bits per heavy atom. The molecule has 0 aliphatic carbocycles. The zero-order chi connectivity index (χ0) is 10.5. The summed E-state index contributed by atoms with van der Waals surface area (Å²) in [7, 11) is 0. The Labute approximate surface area is 92.7 Å². The van der Waals surface area contributed by atoms with Gasteiger partial charge in [0, 0.05) is 6.07 Å². The van der Waals surface area contributed by atoms with Gasteiger partial charge in [0.2, 0.25) is 5.88 Å². The fourth-order valence-corrected chi connectivity index (χ4v) is 1.23. The van der Waals surface area contributed by atoms with Crippen LogP contribution in [0, 0.1) is 0 Å². The predicted octanol–water partition coefficient (Wildman–Crippen LogP) is 3.01. The van der Waals surface area contributed by atoms with Crippen LogP contribution in [0.15, 0.2) is 42.5 Å². The van der Waals surface area contributed by atoms with Crippen molar-refractivity contribution in [2.75, 3.05) is 0 Å². The lowest BCUT2D eigenvalue weighted by molar-refractivity contribution is 0.454. The highest BCUT2D eigenvalue weighted by Gasteiger charge is 1.98. The Hall–Kier alpha value is -1.61. The van der Waals surface area contributed by atoms with Crippen LogP contribution in [0.2, 0.25) is 0 Å². The number of alkyl halides is 1. The van der Waals surface area contributed by atoms with Gasteiger partial charge in [-0.3, -0.25) is 0 Å². The molecule has 0 spiro atoms. The third-order valence-corrected chi connectivity index (χ3v) is 2.07. The van der Waals surface area contributed by atoms with Gasteiger partial charge in [-0.2, -0.15) is 5.10 Å². The summed E-state index contributed by atoms with van der Waals surface area (Å²) in [5, 5.41) is 7.77. The van der Waals surface area contributed by atoms with Gasteiger partial charge in [0.1, 0.15) is 5.75 Å². The van der Waals surface area contributed by atoms with E-state index in [4.69, 9.17) is 16.3 Å². The van der Waals surface area contributed by atoms with Crippen LogP contribution < -0.4 is 4.74 Å². The van der Waals surface area contributed by atoms with Crippen molar-refractivity contribution >= 4 is 11.6 Å². The number of benzene rings is 1. The van der Waals surface area contributed by atoms with E-state index >= 15 is 0 Å². The molecule has 0 atom stereocenters. The first-order valence-corrected chi connectivity index (χ1v) is 5.03. The van der Waals surface area contributed by atoms with E-state index in [0.717, 1.165) is 11.4 Å². The fourth-order valence-electron chi connectivity index (χ4n) is 1.08. The maximum atomic E-state index is 5.60. The van der Waals surface area contributed by atoms with Crippen molar-refractivity contribution in [2.24, 2.45) is 0 Å². The van der Waals surface area contributed by atoms with Crippen molar-refractivity contribution < 1.29 is 4.74 Å². The monoisotopic (exact) mass is 220 g/mol. The molecule has 0 bridgehead atoms. The van der Waals surface area contributed by atoms with Crippen molar-refractivity contribution in [2.45, 2.75) is 5.88 Å². The number of aromatic nitrogens is 2. The first-order chi connectivity index (χ1) is 7.38. The van der Waals surface area contributed by atoms with Crippen molar-refractivity contribution in [1.29, 1.82) is 0 Å². The molecule has 76 valence electrons. The Kier molecular flexibility index (Phi) is 3.15. The molecule has 0 aliphatic rings. The highest BCUT2D eigenvalue weighted by atomic mass is 35.5. The van der Waals surface area contributed by atoms with Gasteiger partial charge in [-0.25, -0.2) is 0 Å². The number of hydrogen-bond acceptors (Lipinski definition) is 3. The molecule has 2 aromatic rings. The van der Waals surface area contributed by atoms with Gasteiger partial charge in [0.25, 0.3) is 0 Å². The number of rotatable bonds is 3. The van der Waals surface area contributed by atoms with Gasteiger partial charge in [0.15, 0.2) is 0 Å². The molecule has 1 heterocycles. The average molecular weight is 221 g/mol. The van der Waals surface area contributed by atoms with Crippen molar-refractivity contribution in [3.05, 3.63) is 48.2 Å². The molecule has 3 nitrogen and oxygen atoms in total. The maximum absolute atomic E-state index is 5.60. The van der Waals surface area contributed by atoms with Gasteiger partial charge in [-0.15, -0.1) is 16.7 Å². The van der Waals surface area contributed by atoms with E-state index in [9.17, 15) is 0 Å². The van der Waals surface area contributed by atoms with E-state index in [0.29, 0.717) is 11.8 Å². The molecule has 0 aliphatic heterocycles. The summed E-state index contributed by atoms with van der Waals surface area (Å²) in [4.78, 5) is 0. The van der Waals surface area contributed by atoms with E-state index in [1.54, 1.807) is 12.1 Å². The number of hydrogen-bond donors (Lipinski definition) is 0. The number of halogens is 1. The zero-order valence-electron chi connectivity index (χ0n) is 7.93. The average Bonchev–Trinajstić information content (AvgIpc) is 2.31. The third-order valence-electron chi connectivity index (χ3n) is 1.80. The Morgan fingerprint density at radius 1 is 1.00 bits per heavy atom. The van der Waals surface area contributed by atoms with Crippen molar-refractivity contribution in [3.63, 3.8) is 0 Å². The molecular formula is C11H9ClN2O. The van der Waals surface area contributed by atoms with E-state index in [-0.39, 0.29) is 0 Å². The normalized spacial score (nSPS) is 9.93. The molecular weight excluding hydrogens is 212 g/mol. The minimum atomic E-state index is 0.360. The van der Waals surface area contributed by atoms with Crippen molar-refractivity contribution in [3.8, 4) is 11.6 Å². The smallest absolute Gasteiger partial charge is 0.238 e. The first-order valence-electron chi connectivity index (χ1n) is 4.50. The van der Waals surface area contributed by atoms with Gasteiger partial charge in [-0.05, 0) is 18.2 Å². The lowest BCUT2D eigenvalue weighted by Gasteiger charge is -2.03. The van der Waals surface area contributed by atoms with Gasteiger partial charge >= 0.3 is 0 Å². The van der Waals surface area contributed by atoms with E-state index < -0.39 is 0 Å². The Balaban J connectivity index is 2.11. The van der Waals surface area contributed by atoms with Crippen LogP contribution in [0.25, 0.3) is 0 Å².